The predicted molar refractivity (Wildman–Crippen MR) is 277 cm³/mol. The molecule has 9 aromatic rings. The Hall–Kier alpha value is -6.47. The van der Waals surface area contributed by atoms with E-state index in [1.54, 1.807) is 0 Å². The molecule has 0 spiro atoms. The molecule has 0 heterocycles. The third-order valence-electron chi connectivity index (χ3n) is 12.6. The Bertz CT molecular complexity index is 2790. The summed E-state index contributed by atoms with van der Waals surface area (Å²) >= 11 is 0. The second-order valence-electron chi connectivity index (χ2n) is 18.8. The predicted octanol–water partition coefficient (Wildman–Crippen LogP) is 16.0. The fourth-order valence-electron chi connectivity index (χ4n) is 8.89. The first-order chi connectivity index (χ1) is 29.8. The van der Waals surface area contributed by atoms with Crippen LogP contribution in [0.5, 0.6) is 0 Å². The summed E-state index contributed by atoms with van der Waals surface area (Å²) in [6.07, 6.45) is 0. The van der Waals surface area contributed by atoms with Gasteiger partial charge in [0.2, 0.25) is 0 Å². The van der Waals surface area contributed by atoms with E-state index < -0.39 is 16.1 Å². The van der Waals surface area contributed by atoms with Crippen LogP contribution >= 0.6 is 0 Å². The fraction of sp³-hybridized carbons (Fsp3) is 0.138. The van der Waals surface area contributed by atoms with Gasteiger partial charge in [0.15, 0.2) is 0 Å². The number of hydrogen-bond donors (Lipinski definition) is 0. The van der Waals surface area contributed by atoms with E-state index in [0.717, 1.165) is 34.1 Å². The lowest BCUT2D eigenvalue weighted by Crippen LogP contribution is -2.37. The molecule has 2 nitrogen and oxygen atoms in total. The second kappa shape index (κ2) is 16.4. The van der Waals surface area contributed by atoms with E-state index in [1.165, 1.54) is 65.3 Å². The molecule has 9 aromatic carbocycles. The molecule has 0 saturated heterocycles. The Morgan fingerprint density at radius 1 is 0.274 bits per heavy atom. The zero-order valence-corrected chi connectivity index (χ0v) is 39.4. The molecule has 306 valence electrons. The molecule has 9 rings (SSSR count). The van der Waals surface area contributed by atoms with Crippen LogP contribution in [0.1, 0.15) is 11.1 Å². The lowest BCUT2D eigenvalue weighted by atomic mass is 9.92. The van der Waals surface area contributed by atoms with Gasteiger partial charge in [-0.3, -0.25) is 0 Å². The highest BCUT2D eigenvalue weighted by Crippen LogP contribution is 2.43. The van der Waals surface area contributed by atoms with Crippen LogP contribution in [0.3, 0.4) is 0 Å². The highest BCUT2D eigenvalue weighted by atomic mass is 28.3. The van der Waals surface area contributed by atoms with E-state index in [2.05, 4.69) is 257 Å². The highest BCUT2D eigenvalue weighted by Gasteiger charge is 2.22. The van der Waals surface area contributed by atoms with Gasteiger partial charge >= 0.3 is 0 Å². The third-order valence-corrected chi connectivity index (χ3v) is 16.7. The lowest BCUT2D eigenvalue weighted by molar-refractivity contribution is 1.28. The standard InChI is InChI=1S/C58H56N2Si2/c1-41-55-37-31-52(60(50-29-35-54(36-30-50)62(6,7)8)48-25-21-46(22-26-48)44-17-13-10-14-18-44)40-58(55)42(2)56-38-32-51(39-57(41)56)59(49-27-33-53(34-28-49)61(3,4)5)47-23-19-45(20-24-47)43-15-11-9-12-16-43/h9-40H,1-8H3. The molecule has 0 aliphatic rings. The van der Waals surface area contributed by atoms with Crippen LogP contribution in [0.2, 0.25) is 39.3 Å². The van der Waals surface area contributed by atoms with Crippen LogP contribution in [-0.2, 0) is 0 Å². The monoisotopic (exact) mass is 836 g/mol. The average Bonchev–Trinajstić information content (AvgIpc) is 3.29. The Balaban J connectivity index is 1.15. The topological polar surface area (TPSA) is 6.48 Å². The fourth-order valence-corrected chi connectivity index (χ4v) is 11.2. The maximum absolute atomic E-state index is 2.42. The summed E-state index contributed by atoms with van der Waals surface area (Å²) in [7, 11) is -2.93. The van der Waals surface area contributed by atoms with Crippen molar-refractivity contribution in [2.24, 2.45) is 0 Å². The normalized spacial score (nSPS) is 11.9. The van der Waals surface area contributed by atoms with Crippen LogP contribution in [0.15, 0.2) is 194 Å². The maximum Gasteiger partial charge on any atom is 0.0775 e. The van der Waals surface area contributed by atoms with Crippen LogP contribution in [0, 0.1) is 13.8 Å². The van der Waals surface area contributed by atoms with Crippen molar-refractivity contribution in [1.29, 1.82) is 0 Å². The summed E-state index contributed by atoms with van der Waals surface area (Å²) in [5.41, 5.74) is 14.4. The van der Waals surface area contributed by atoms with E-state index in [1.807, 2.05) is 0 Å². The van der Waals surface area contributed by atoms with E-state index in [0.29, 0.717) is 0 Å². The number of hydrogen-bond acceptors (Lipinski definition) is 2. The van der Waals surface area contributed by atoms with Gasteiger partial charge in [-0.15, -0.1) is 0 Å². The van der Waals surface area contributed by atoms with E-state index in [-0.39, 0.29) is 0 Å². The van der Waals surface area contributed by atoms with Gasteiger partial charge in [-0.25, -0.2) is 0 Å². The zero-order chi connectivity index (χ0) is 43.2. The van der Waals surface area contributed by atoms with Crippen molar-refractivity contribution in [2.75, 3.05) is 9.80 Å². The van der Waals surface area contributed by atoms with Crippen molar-refractivity contribution >= 4 is 82.2 Å². The van der Waals surface area contributed by atoms with Crippen molar-refractivity contribution in [1.82, 2.24) is 0 Å². The van der Waals surface area contributed by atoms with Gasteiger partial charge in [-0.05, 0) is 142 Å². The lowest BCUT2D eigenvalue weighted by Gasteiger charge is -2.28. The van der Waals surface area contributed by atoms with Crippen LogP contribution in [-0.4, -0.2) is 16.1 Å². The molecular formula is C58H56N2Si2. The van der Waals surface area contributed by atoms with Crippen LogP contribution < -0.4 is 20.2 Å². The largest absolute Gasteiger partial charge is 0.310 e. The quantitative estimate of drug-likeness (QED) is 0.100. The van der Waals surface area contributed by atoms with E-state index in [4.69, 9.17) is 0 Å². The molecule has 0 atom stereocenters. The Kier molecular flexibility index (Phi) is 10.8. The summed E-state index contributed by atoms with van der Waals surface area (Å²) in [5, 5.41) is 8.04. The minimum Gasteiger partial charge on any atom is -0.310 e. The minimum absolute atomic E-state index is 1.14. The van der Waals surface area contributed by atoms with Gasteiger partial charge in [0.05, 0.1) is 16.1 Å². The molecule has 0 radical (unpaired) electrons. The summed E-state index contributed by atoms with van der Waals surface area (Å²) in [5.74, 6) is 0. The highest BCUT2D eigenvalue weighted by molar-refractivity contribution is 6.89. The zero-order valence-electron chi connectivity index (χ0n) is 37.4. The number of fused-ring (bicyclic) bond motifs is 2. The number of benzene rings is 9. The van der Waals surface area contributed by atoms with Gasteiger partial charge < -0.3 is 9.80 Å². The SMILES string of the molecule is Cc1c2ccc(N(c3ccc(-c4ccccc4)cc3)c3ccc([Si](C)(C)C)cc3)cc2c(C)c2ccc(N(c3ccc(-c4ccccc4)cc3)c3ccc([Si](C)(C)C)cc3)cc12. The van der Waals surface area contributed by atoms with Gasteiger partial charge in [0.25, 0.3) is 0 Å². The van der Waals surface area contributed by atoms with Gasteiger partial charge in [0, 0.05) is 34.1 Å². The minimum atomic E-state index is -1.47. The van der Waals surface area contributed by atoms with E-state index in [9.17, 15) is 0 Å². The Labute approximate surface area is 370 Å². The van der Waals surface area contributed by atoms with Crippen molar-refractivity contribution in [2.45, 2.75) is 53.1 Å². The molecule has 0 saturated carbocycles. The Morgan fingerprint density at radius 3 is 0.855 bits per heavy atom. The van der Waals surface area contributed by atoms with Crippen LogP contribution in [0.25, 0.3) is 43.8 Å². The molecule has 4 heteroatoms. The molecule has 0 aliphatic carbocycles. The maximum atomic E-state index is 2.42. The summed E-state index contributed by atoms with van der Waals surface area (Å²) in [4.78, 5) is 4.83. The van der Waals surface area contributed by atoms with Crippen molar-refractivity contribution < 1.29 is 0 Å². The number of nitrogens with zero attached hydrogens (tertiary/aromatic N) is 2. The average molecular weight is 837 g/mol. The third kappa shape index (κ3) is 8.04. The van der Waals surface area contributed by atoms with Gasteiger partial charge in [0.1, 0.15) is 0 Å². The van der Waals surface area contributed by atoms with Crippen molar-refractivity contribution in [3.8, 4) is 22.3 Å². The smallest absolute Gasteiger partial charge is 0.0775 e. The number of anilines is 6. The molecule has 0 aromatic heterocycles. The van der Waals surface area contributed by atoms with Gasteiger partial charge in [-0.2, -0.15) is 0 Å². The summed E-state index contributed by atoms with van der Waals surface area (Å²) < 4.78 is 0. The molecule has 0 bridgehead atoms. The summed E-state index contributed by atoms with van der Waals surface area (Å²) in [6.45, 7) is 19.1. The second-order valence-corrected chi connectivity index (χ2v) is 29.0. The molecule has 0 aliphatic heterocycles. The first-order valence-corrected chi connectivity index (χ1v) is 28.9. The van der Waals surface area contributed by atoms with Crippen LogP contribution in [0.4, 0.5) is 34.1 Å². The van der Waals surface area contributed by atoms with Crippen molar-refractivity contribution in [3.63, 3.8) is 0 Å². The summed E-state index contributed by atoms with van der Waals surface area (Å²) in [6, 6.07) is 72.0. The molecule has 0 unspecified atom stereocenters. The Morgan fingerprint density at radius 2 is 0.548 bits per heavy atom. The number of rotatable bonds is 10. The van der Waals surface area contributed by atoms with Crippen molar-refractivity contribution in [3.05, 3.63) is 205 Å². The van der Waals surface area contributed by atoms with E-state index >= 15 is 0 Å². The van der Waals surface area contributed by atoms with Gasteiger partial charge in [-0.1, -0.05) is 171 Å². The molecular weight excluding hydrogens is 781 g/mol. The first-order valence-electron chi connectivity index (χ1n) is 21.9. The molecule has 0 fully saturated rings. The number of aryl methyl sites for hydroxylation is 2. The first kappa shape index (κ1) is 40.9. The molecule has 62 heavy (non-hydrogen) atoms. The molecule has 0 amide bonds. The molecule has 0 N–H and O–H groups in total.